The zero-order valence-electron chi connectivity index (χ0n) is 14.5. The summed E-state index contributed by atoms with van der Waals surface area (Å²) in [7, 11) is 0. The van der Waals surface area contributed by atoms with E-state index in [1.807, 2.05) is 30.3 Å². The maximum atomic E-state index is 11.4. The van der Waals surface area contributed by atoms with Crippen LogP contribution in [0.25, 0.3) is 10.9 Å². The van der Waals surface area contributed by atoms with Gasteiger partial charge >= 0.3 is 0 Å². The first-order valence-corrected chi connectivity index (χ1v) is 9.02. The van der Waals surface area contributed by atoms with Crippen molar-refractivity contribution < 1.29 is 9.53 Å². The minimum Gasteiger partial charge on any atom is -0.482 e. The highest BCUT2D eigenvalue weighted by atomic mass is 35.5. The van der Waals surface area contributed by atoms with Gasteiger partial charge in [0.15, 0.2) is 6.61 Å². The Labute approximate surface area is 156 Å². The quantitative estimate of drug-likeness (QED) is 0.715. The van der Waals surface area contributed by atoms with Crippen LogP contribution in [-0.2, 0) is 11.3 Å². The molecule has 0 fully saturated rings. The molecule has 2 N–H and O–H groups in total. The van der Waals surface area contributed by atoms with Crippen LogP contribution in [-0.4, -0.2) is 23.6 Å². The molecular formula is C20H20ClN3O2. The van der Waals surface area contributed by atoms with Gasteiger partial charge in [0.1, 0.15) is 5.75 Å². The number of benzene rings is 2. The minimum atomic E-state index is -0.114. The molecule has 1 aliphatic heterocycles. The van der Waals surface area contributed by atoms with Crippen molar-refractivity contribution in [1.82, 2.24) is 9.88 Å². The molecule has 1 amide bonds. The maximum absolute atomic E-state index is 11.4. The Kier molecular flexibility index (Phi) is 4.57. The van der Waals surface area contributed by atoms with E-state index in [1.165, 1.54) is 5.52 Å². The van der Waals surface area contributed by atoms with Crippen molar-refractivity contribution in [3.63, 3.8) is 0 Å². The van der Waals surface area contributed by atoms with Gasteiger partial charge in [-0.15, -0.1) is 0 Å². The predicted octanol–water partition coefficient (Wildman–Crippen LogP) is 3.98. The van der Waals surface area contributed by atoms with Gasteiger partial charge in [-0.2, -0.15) is 0 Å². The van der Waals surface area contributed by atoms with E-state index in [0.717, 1.165) is 40.5 Å². The van der Waals surface area contributed by atoms with Crippen LogP contribution in [0.1, 0.15) is 18.5 Å². The monoisotopic (exact) mass is 369 g/mol. The fourth-order valence-corrected chi connectivity index (χ4v) is 3.43. The number of hydrogen-bond donors (Lipinski definition) is 2. The van der Waals surface area contributed by atoms with Crippen molar-refractivity contribution in [2.45, 2.75) is 19.5 Å². The number of hydrogen-bond acceptors (Lipinski definition) is 3. The van der Waals surface area contributed by atoms with Crippen LogP contribution in [0.15, 0.2) is 48.7 Å². The molecule has 6 heteroatoms. The molecule has 3 aromatic rings. The zero-order valence-corrected chi connectivity index (χ0v) is 15.2. The molecule has 1 unspecified atom stereocenters. The molecule has 0 aliphatic carbocycles. The molecule has 0 saturated carbocycles. The highest BCUT2D eigenvalue weighted by molar-refractivity contribution is 6.31. The number of ether oxygens (including phenoxy) is 1. The van der Waals surface area contributed by atoms with Crippen molar-refractivity contribution in [1.29, 1.82) is 0 Å². The van der Waals surface area contributed by atoms with Crippen molar-refractivity contribution in [2.24, 2.45) is 0 Å². The number of halogens is 1. The molecule has 0 spiro atoms. The van der Waals surface area contributed by atoms with Crippen LogP contribution in [0.5, 0.6) is 5.75 Å². The molecule has 0 saturated heterocycles. The van der Waals surface area contributed by atoms with Crippen LogP contribution in [0.4, 0.5) is 5.69 Å². The summed E-state index contributed by atoms with van der Waals surface area (Å²) in [5.41, 5.74) is 3.04. The zero-order chi connectivity index (χ0) is 18.1. The van der Waals surface area contributed by atoms with E-state index in [-0.39, 0.29) is 18.6 Å². The van der Waals surface area contributed by atoms with E-state index < -0.39 is 0 Å². The van der Waals surface area contributed by atoms with Gasteiger partial charge in [0, 0.05) is 41.3 Å². The Morgan fingerprint density at radius 2 is 2.15 bits per heavy atom. The van der Waals surface area contributed by atoms with Crippen molar-refractivity contribution in [3.8, 4) is 5.75 Å². The molecular weight excluding hydrogens is 350 g/mol. The van der Waals surface area contributed by atoms with Crippen molar-refractivity contribution >= 4 is 34.1 Å². The number of carbonyl (C=O) groups is 1. The molecule has 1 aromatic heterocycles. The van der Waals surface area contributed by atoms with Crippen LogP contribution in [0.2, 0.25) is 5.02 Å². The topological polar surface area (TPSA) is 55.3 Å². The van der Waals surface area contributed by atoms with Gasteiger partial charge in [-0.05, 0) is 48.9 Å². The summed E-state index contributed by atoms with van der Waals surface area (Å²) in [5.74, 6) is 0.612. The molecule has 26 heavy (non-hydrogen) atoms. The Hall–Kier alpha value is -2.50. The van der Waals surface area contributed by atoms with Gasteiger partial charge in [-0.1, -0.05) is 17.7 Å². The molecule has 0 radical (unpaired) electrons. The minimum absolute atomic E-state index is 0.0724. The van der Waals surface area contributed by atoms with Crippen LogP contribution >= 0.6 is 11.6 Å². The first kappa shape index (κ1) is 16.9. The third-order valence-corrected chi connectivity index (χ3v) is 4.91. The number of carbonyl (C=O) groups excluding carboxylic acids is 1. The average molecular weight is 370 g/mol. The fraction of sp³-hybridized carbons (Fsp3) is 0.250. The van der Waals surface area contributed by atoms with Gasteiger partial charge in [0.25, 0.3) is 5.91 Å². The Morgan fingerprint density at radius 1 is 1.27 bits per heavy atom. The van der Waals surface area contributed by atoms with Crippen molar-refractivity contribution in [2.75, 3.05) is 18.5 Å². The number of anilines is 1. The summed E-state index contributed by atoms with van der Waals surface area (Å²) in [5, 5.41) is 8.26. The van der Waals surface area contributed by atoms with Crippen LogP contribution in [0.3, 0.4) is 0 Å². The second-order valence-electron chi connectivity index (χ2n) is 6.48. The Balaban J connectivity index is 1.39. The number of rotatable bonds is 5. The van der Waals surface area contributed by atoms with Gasteiger partial charge in [-0.3, -0.25) is 4.79 Å². The molecule has 0 bridgehead atoms. The second-order valence-corrected chi connectivity index (χ2v) is 6.92. The third-order valence-electron chi connectivity index (χ3n) is 4.67. The summed E-state index contributed by atoms with van der Waals surface area (Å²) in [6, 6.07) is 14.1. The third kappa shape index (κ3) is 3.41. The lowest BCUT2D eigenvalue weighted by Crippen LogP contribution is -2.26. The largest absolute Gasteiger partial charge is 0.482 e. The average Bonchev–Trinajstić information content (AvgIpc) is 3.03. The number of nitrogens with one attached hydrogen (secondary N) is 2. The molecule has 5 nitrogen and oxygen atoms in total. The lowest BCUT2D eigenvalue weighted by atomic mass is 10.1. The first-order valence-electron chi connectivity index (χ1n) is 8.64. The van der Waals surface area contributed by atoms with E-state index >= 15 is 0 Å². The number of nitrogens with zero attached hydrogens (tertiary/aromatic N) is 1. The molecule has 1 aliphatic rings. The molecule has 1 atom stereocenters. The number of aromatic nitrogens is 1. The lowest BCUT2D eigenvalue weighted by Gasteiger charge is -2.21. The molecule has 134 valence electrons. The normalized spacial score (nSPS) is 14.6. The van der Waals surface area contributed by atoms with E-state index in [2.05, 4.69) is 40.5 Å². The summed E-state index contributed by atoms with van der Waals surface area (Å²) in [6.45, 7) is 3.90. The summed E-state index contributed by atoms with van der Waals surface area (Å²) in [6.07, 6.45) is 2.09. The first-order chi connectivity index (χ1) is 12.6. The lowest BCUT2D eigenvalue weighted by molar-refractivity contribution is -0.118. The van der Waals surface area contributed by atoms with Gasteiger partial charge in [0.2, 0.25) is 0 Å². The summed E-state index contributed by atoms with van der Waals surface area (Å²) in [4.78, 5) is 11.4. The Bertz CT molecular complexity index is 967. The Morgan fingerprint density at radius 3 is 3.04 bits per heavy atom. The van der Waals surface area contributed by atoms with E-state index in [9.17, 15) is 4.79 Å². The van der Waals surface area contributed by atoms with E-state index in [4.69, 9.17) is 16.3 Å². The summed E-state index contributed by atoms with van der Waals surface area (Å²) < 4.78 is 7.71. The number of amides is 1. The molecule has 2 heterocycles. The van der Waals surface area contributed by atoms with Crippen LogP contribution in [0, 0.1) is 0 Å². The smallest absolute Gasteiger partial charge is 0.262 e. The molecule has 4 rings (SSSR count). The standard InChI is InChI=1S/C20H20ClN3O2/c1-13(14-2-4-17-19(11-14)26-12-20(25)23-17)22-7-9-24-8-6-15-10-16(21)3-5-18(15)24/h2-6,8,10-11,13,22H,7,9,12H2,1H3,(H,23,25). The SMILES string of the molecule is CC(NCCn1ccc2cc(Cl)ccc21)c1ccc2c(c1)OCC(=O)N2. The van der Waals surface area contributed by atoms with Crippen molar-refractivity contribution in [3.05, 3.63) is 59.2 Å². The van der Waals surface area contributed by atoms with Crippen LogP contribution < -0.4 is 15.4 Å². The van der Waals surface area contributed by atoms with E-state index in [0.29, 0.717) is 0 Å². The molecule has 2 aromatic carbocycles. The van der Waals surface area contributed by atoms with Gasteiger partial charge in [-0.25, -0.2) is 0 Å². The van der Waals surface area contributed by atoms with Gasteiger partial charge in [0.05, 0.1) is 5.69 Å². The predicted molar refractivity (Wildman–Crippen MR) is 104 cm³/mol. The highest BCUT2D eigenvalue weighted by Gasteiger charge is 2.17. The maximum Gasteiger partial charge on any atom is 0.262 e. The number of fused-ring (bicyclic) bond motifs is 2. The van der Waals surface area contributed by atoms with Gasteiger partial charge < -0.3 is 19.9 Å². The summed E-state index contributed by atoms with van der Waals surface area (Å²) >= 11 is 6.05. The second kappa shape index (κ2) is 7.02. The highest BCUT2D eigenvalue weighted by Crippen LogP contribution is 2.30. The fourth-order valence-electron chi connectivity index (χ4n) is 3.25. The van der Waals surface area contributed by atoms with E-state index in [1.54, 1.807) is 0 Å².